The monoisotopic (exact) mass is 264 g/mol. The molecule has 0 spiro atoms. The average Bonchev–Trinajstić information content (AvgIpc) is 2.95. The normalized spacial score (nSPS) is 10.4. The van der Waals surface area contributed by atoms with Gasteiger partial charge in [-0.05, 0) is 0 Å². The first kappa shape index (κ1) is 12.7. The highest BCUT2D eigenvalue weighted by molar-refractivity contribution is 5.92. The lowest BCUT2D eigenvalue weighted by atomic mass is 10.3. The van der Waals surface area contributed by atoms with Crippen molar-refractivity contribution in [1.82, 2.24) is 29.9 Å². The first-order chi connectivity index (χ1) is 9.04. The van der Waals surface area contributed by atoms with E-state index in [2.05, 4.69) is 20.6 Å². The molecule has 0 aliphatic heterocycles. The number of carboxylic acid groups (broad SMARTS) is 1. The predicted molar refractivity (Wildman–Crippen MR) is 63.3 cm³/mol. The number of amides is 1. The summed E-state index contributed by atoms with van der Waals surface area (Å²) >= 11 is 0. The summed E-state index contributed by atoms with van der Waals surface area (Å²) in [6.45, 7) is -0.126. The van der Waals surface area contributed by atoms with E-state index in [1.54, 1.807) is 17.8 Å². The maximum atomic E-state index is 11.4. The molecule has 1 amide bonds. The van der Waals surface area contributed by atoms with Gasteiger partial charge in [-0.25, -0.2) is 14.5 Å². The number of likely N-dealkylation sites (N-methyl/N-ethyl adjacent to an activating group) is 1. The van der Waals surface area contributed by atoms with E-state index in [9.17, 15) is 9.59 Å². The standard InChI is InChI=1S/C10H12N6O3/c1-11-6(17)5-16-8(7(10(18)19)13-14-16)9-12-3-4-15(9)2/h3-4H,5H2,1-2H3,(H,11,17)(H,18,19). The molecule has 0 bridgehead atoms. The Bertz CT molecular complexity index is 629. The Kier molecular flexibility index (Phi) is 3.27. The van der Waals surface area contributed by atoms with Crippen LogP contribution in [0.15, 0.2) is 12.4 Å². The SMILES string of the molecule is CNC(=O)Cn1nnc(C(=O)O)c1-c1nccn1C. The maximum Gasteiger partial charge on any atom is 0.358 e. The Balaban J connectivity index is 2.54. The minimum absolute atomic E-state index is 0.126. The topological polar surface area (TPSA) is 115 Å². The van der Waals surface area contributed by atoms with Gasteiger partial charge in [-0.2, -0.15) is 0 Å². The van der Waals surface area contributed by atoms with E-state index >= 15 is 0 Å². The van der Waals surface area contributed by atoms with E-state index in [1.807, 2.05) is 0 Å². The van der Waals surface area contributed by atoms with Crippen molar-refractivity contribution in [2.75, 3.05) is 7.05 Å². The first-order valence-electron chi connectivity index (χ1n) is 5.39. The van der Waals surface area contributed by atoms with Gasteiger partial charge in [-0.1, -0.05) is 5.21 Å². The summed E-state index contributed by atoms with van der Waals surface area (Å²) in [4.78, 5) is 26.6. The third-order valence-corrected chi connectivity index (χ3v) is 2.54. The summed E-state index contributed by atoms with van der Waals surface area (Å²) < 4.78 is 2.84. The van der Waals surface area contributed by atoms with Gasteiger partial charge >= 0.3 is 5.97 Å². The van der Waals surface area contributed by atoms with E-state index in [1.165, 1.54) is 17.9 Å². The number of imidazole rings is 1. The third-order valence-electron chi connectivity index (χ3n) is 2.54. The van der Waals surface area contributed by atoms with Gasteiger partial charge in [0.15, 0.2) is 5.82 Å². The van der Waals surface area contributed by atoms with Crippen molar-refractivity contribution in [2.45, 2.75) is 6.54 Å². The smallest absolute Gasteiger partial charge is 0.358 e. The number of carbonyl (C=O) groups excluding carboxylic acids is 1. The molecule has 2 rings (SSSR count). The number of carbonyl (C=O) groups is 2. The van der Waals surface area contributed by atoms with Gasteiger partial charge in [-0.15, -0.1) is 5.10 Å². The number of aromatic nitrogens is 5. The molecule has 9 nitrogen and oxygen atoms in total. The molecule has 0 saturated carbocycles. The van der Waals surface area contributed by atoms with Crippen LogP contribution in [0.1, 0.15) is 10.5 Å². The number of carboxylic acids is 1. The Morgan fingerprint density at radius 2 is 2.21 bits per heavy atom. The van der Waals surface area contributed by atoms with Gasteiger partial charge in [0, 0.05) is 26.5 Å². The fourth-order valence-corrected chi connectivity index (χ4v) is 1.60. The van der Waals surface area contributed by atoms with Crippen LogP contribution < -0.4 is 5.32 Å². The van der Waals surface area contributed by atoms with E-state index in [0.29, 0.717) is 5.82 Å². The number of aromatic carboxylic acids is 1. The van der Waals surface area contributed by atoms with Crippen LogP contribution in [-0.4, -0.2) is 48.6 Å². The van der Waals surface area contributed by atoms with Crippen LogP contribution in [0.5, 0.6) is 0 Å². The zero-order valence-corrected chi connectivity index (χ0v) is 10.4. The van der Waals surface area contributed by atoms with E-state index in [4.69, 9.17) is 5.11 Å². The molecule has 2 aromatic heterocycles. The molecular weight excluding hydrogens is 252 g/mol. The molecule has 0 aliphatic carbocycles. The fraction of sp³-hybridized carbons (Fsp3) is 0.300. The largest absolute Gasteiger partial charge is 0.476 e. The highest BCUT2D eigenvalue weighted by atomic mass is 16.4. The minimum atomic E-state index is -1.22. The van der Waals surface area contributed by atoms with E-state index in [0.717, 1.165) is 0 Å². The van der Waals surface area contributed by atoms with E-state index in [-0.39, 0.29) is 23.8 Å². The van der Waals surface area contributed by atoms with Gasteiger partial charge in [-0.3, -0.25) is 4.79 Å². The van der Waals surface area contributed by atoms with Gasteiger partial charge in [0.05, 0.1) is 0 Å². The predicted octanol–water partition coefficient (Wildman–Crippen LogP) is -0.877. The molecule has 2 aromatic rings. The number of nitrogens with one attached hydrogen (secondary N) is 1. The van der Waals surface area contributed by atoms with Gasteiger partial charge < -0.3 is 15.0 Å². The maximum absolute atomic E-state index is 11.4. The summed E-state index contributed by atoms with van der Waals surface area (Å²) in [6.07, 6.45) is 3.19. The van der Waals surface area contributed by atoms with Crippen LogP contribution in [-0.2, 0) is 18.4 Å². The molecule has 19 heavy (non-hydrogen) atoms. The van der Waals surface area contributed by atoms with Crippen molar-refractivity contribution < 1.29 is 14.7 Å². The lowest BCUT2D eigenvalue weighted by molar-refractivity contribution is -0.121. The second-order valence-corrected chi connectivity index (χ2v) is 3.78. The zero-order valence-electron chi connectivity index (χ0n) is 10.4. The summed E-state index contributed by atoms with van der Waals surface area (Å²) in [5.74, 6) is -1.15. The number of nitrogens with zero attached hydrogens (tertiary/aromatic N) is 5. The number of rotatable bonds is 4. The molecule has 100 valence electrons. The highest BCUT2D eigenvalue weighted by Gasteiger charge is 2.24. The molecule has 0 fully saturated rings. The molecular formula is C10H12N6O3. The Hall–Kier alpha value is -2.71. The highest BCUT2D eigenvalue weighted by Crippen LogP contribution is 2.19. The molecule has 9 heteroatoms. The molecule has 0 aromatic carbocycles. The van der Waals surface area contributed by atoms with Crippen LogP contribution >= 0.6 is 0 Å². The number of hydrogen-bond acceptors (Lipinski definition) is 5. The lowest BCUT2D eigenvalue weighted by Gasteiger charge is -2.06. The zero-order chi connectivity index (χ0) is 14.0. The summed E-state index contributed by atoms with van der Waals surface area (Å²) in [5.41, 5.74) is -0.0400. The molecule has 0 saturated heterocycles. The quantitative estimate of drug-likeness (QED) is 0.741. The van der Waals surface area contributed by atoms with Crippen LogP contribution in [0.2, 0.25) is 0 Å². The van der Waals surface area contributed by atoms with Crippen molar-refractivity contribution in [2.24, 2.45) is 7.05 Å². The average molecular weight is 264 g/mol. The van der Waals surface area contributed by atoms with Gasteiger partial charge in [0.1, 0.15) is 12.2 Å². The second-order valence-electron chi connectivity index (χ2n) is 3.78. The van der Waals surface area contributed by atoms with Crippen LogP contribution in [0.4, 0.5) is 0 Å². The van der Waals surface area contributed by atoms with Gasteiger partial charge in [0.2, 0.25) is 11.6 Å². The molecule has 0 unspecified atom stereocenters. The van der Waals surface area contributed by atoms with Crippen molar-refractivity contribution in [1.29, 1.82) is 0 Å². The van der Waals surface area contributed by atoms with Crippen molar-refractivity contribution in [3.05, 3.63) is 18.1 Å². The number of aryl methyl sites for hydroxylation is 1. The number of hydrogen-bond donors (Lipinski definition) is 2. The summed E-state index contributed by atoms with van der Waals surface area (Å²) in [5, 5.41) is 18.8. The van der Waals surface area contributed by atoms with E-state index < -0.39 is 5.97 Å². The Morgan fingerprint density at radius 1 is 1.47 bits per heavy atom. The summed E-state index contributed by atoms with van der Waals surface area (Å²) in [6, 6.07) is 0. The third kappa shape index (κ3) is 2.30. The van der Waals surface area contributed by atoms with Gasteiger partial charge in [0.25, 0.3) is 0 Å². The first-order valence-corrected chi connectivity index (χ1v) is 5.39. The second kappa shape index (κ2) is 4.88. The van der Waals surface area contributed by atoms with Crippen LogP contribution in [0, 0.1) is 0 Å². The van der Waals surface area contributed by atoms with Crippen LogP contribution in [0.25, 0.3) is 11.5 Å². The van der Waals surface area contributed by atoms with Crippen molar-refractivity contribution >= 4 is 11.9 Å². The van der Waals surface area contributed by atoms with Crippen molar-refractivity contribution in [3.63, 3.8) is 0 Å². The fourth-order valence-electron chi connectivity index (χ4n) is 1.60. The Morgan fingerprint density at radius 3 is 2.74 bits per heavy atom. The Labute approximate surface area is 107 Å². The molecule has 0 aliphatic rings. The molecule has 0 radical (unpaired) electrons. The molecule has 0 atom stereocenters. The summed E-state index contributed by atoms with van der Waals surface area (Å²) in [7, 11) is 3.20. The molecule has 2 heterocycles. The lowest BCUT2D eigenvalue weighted by Crippen LogP contribution is -2.25. The van der Waals surface area contributed by atoms with Crippen LogP contribution in [0.3, 0.4) is 0 Å². The molecule has 2 N–H and O–H groups in total. The van der Waals surface area contributed by atoms with Crippen molar-refractivity contribution in [3.8, 4) is 11.5 Å². The minimum Gasteiger partial charge on any atom is -0.476 e.